The SMILES string of the molecule is COCCOc1ccc(S(=O)(=O)[C@H]2CCN(c3cc(C(F)(F)F)nc(N)n3)C2)c(Cl)c1. The minimum Gasteiger partial charge on any atom is -0.491 e. The zero-order valence-electron chi connectivity index (χ0n) is 16.4. The first-order valence-electron chi connectivity index (χ1n) is 9.14. The van der Waals surface area contributed by atoms with E-state index in [-0.39, 0.29) is 41.9 Å². The summed E-state index contributed by atoms with van der Waals surface area (Å²) in [5.74, 6) is -0.223. The number of ether oxygens (including phenoxy) is 2. The topological polar surface area (TPSA) is 108 Å². The van der Waals surface area contributed by atoms with E-state index in [0.717, 1.165) is 6.07 Å². The number of methoxy groups -OCH3 is 1. The molecule has 2 heterocycles. The van der Waals surface area contributed by atoms with E-state index in [4.69, 9.17) is 26.8 Å². The average molecular weight is 481 g/mol. The number of hydrogen-bond donors (Lipinski definition) is 1. The van der Waals surface area contributed by atoms with Gasteiger partial charge in [-0.3, -0.25) is 0 Å². The summed E-state index contributed by atoms with van der Waals surface area (Å²) in [6.45, 7) is 0.768. The number of hydrogen-bond acceptors (Lipinski definition) is 8. The van der Waals surface area contributed by atoms with Gasteiger partial charge in [-0.2, -0.15) is 18.2 Å². The summed E-state index contributed by atoms with van der Waals surface area (Å²) in [4.78, 5) is 8.39. The highest BCUT2D eigenvalue weighted by atomic mass is 35.5. The predicted molar refractivity (Wildman–Crippen MR) is 108 cm³/mol. The molecule has 8 nitrogen and oxygen atoms in total. The summed E-state index contributed by atoms with van der Waals surface area (Å²) in [7, 11) is -2.33. The Balaban J connectivity index is 1.79. The highest BCUT2D eigenvalue weighted by Crippen LogP contribution is 2.34. The van der Waals surface area contributed by atoms with E-state index in [2.05, 4.69) is 9.97 Å². The molecule has 0 spiro atoms. The van der Waals surface area contributed by atoms with Crippen molar-refractivity contribution < 1.29 is 31.1 Å². The van der Waals surface area contributed by atoms with Gasteiger partial charge < -0.3 is 20.1 Å². The third-order valence-corrected chi connectivity index (χ3v) is 7.35. The number of nitrogen functional groups attached to an aromatic ring is 1. The molecule has 1 atom stereocenters. The Bertz CT molecular complexity index is 1050. The van der Waals surface area contributed by atoms with Crippen LogP contribution in [0.4, 0.5) is 24.9 Å². The first kappa shape index (κ1) is 23.4. The Kier molecular flexibility index (Phi) is 6.82. The lowest BCUT2D eigenvalue weighted by Crippen LogP contribution is -2.28. The Hall–Kier alpha value is -2.31. The van der Waals surface area contributed by atoms with E-state index in [1.54, 1.807) is 0 Å². The summed E-state index contributed by atoms with van der Waals surface area (Å²) < 4.78 is 75.5. The van der Waals surface area contributed by atoms with Crippen LogP contribution < -0.4 is 15.4 Å². The maximum absolute atomic E-state index is 13.1. The maximum atomic E-state index is 13.1. The first-order valence-corrected chi connectivity index (χ1v) is 11.1. The van der Waals surface area contributed by atoms with Crippen LogP contribution in [0.3, 0.4) is 0 Å². The normalized spacial score (nSPS) is 17.2. The summed E-state index contributed by atoms with van der Waals surface area (Å²) in [6.07, 6.45) is -4.51. The lowest BCUT2D eigenvalue weighted by molar-refractivity contribution is -0.141. The Morgan fingerprint density at radius 2 is 2.00 bits per heavy atom. The Morgan fingerprint density at radius 3 is 2.65 bits per heavy atom. The fourth-order valence-electron chi connectivity index (χ4n) is 3.17. The van der Waals surface area contributed by atoms with Crippen molar-refractivity contribution in [1.82, 2.24) is 9.97 Å². The van der Waals surface area contributed by atoms with Crippen LogP contribution in [0, 0.1) is 0 Å². The van der Waals surface area contributed by atoms with Crippen molar-refractivity contribution in [2.75, 3.05) is 44.0 Å². The molecule has 0 bridgehead atoms. The summed E-state index contributed by atoms with van der Waals surface area (Å²) in [6, 6.07) is 5.00. The van der Waals surface area contributed by atoms with E-state index >= 15 is 0 Å². The van der Waals surface area contributed by atoms with E-state index in [0.29, 0.717) is 12.4 Å². The molecule has 3 rings (SSSR count). The van der Waals surface area contributed by atoms with Gasteiger partial charge in [-0.25, -0.2) is 13.4 Å². The maximum Gasteiger partial charge on any atom is 0.433 e. The zero-order valence-corrected chi connectivity index (χ0v) is 18.0. The highest BCUT2D eigenvalue weighted by Gasteiger charge is 2.38. The monoisotopic (exact) mass is 480 g/mol. The molecular weight excluding hydrogens is 461 g/mol. The fourth-order valence-corrected chi connectivity index (χ4v) is 5.41. The van der Waals surface area contributed by atoms with Gasteiger partial charge in [0.15, 0.2) is 15.5 Å². The highest BCUT2D eigenvalue weighted by molar-refractivity contribution is 7.92. The quantitative estimate of drug-likeness (QED) is 0.603. The van der Waals surface area contributed by atoms with Gasteiger partial charge in [0.05, 0.1) is 21.8 Å². The number of nitrogens with zero attached hydrogens (tertiary/aromatic N) is 3. The van der Waals surface area contributed by atoms with Crippen molar-refractivity contribution >= 4 is 33.2 Å². The van der Waals surface area contributed by atoms with Crippen LogP contribution in [-0.4, -0.2) is 57.0 Å². The molecule has 1 aliphatic rings. The lowest BCUT2D eigenvalue weighted by atomic mass is 10.3. The summed E-state index contributed by atoms with van der Waals surface area (Å²) in [5, 5.41) is -0.880. The molecule has 31 heavy (non-hydrogen) atoms. The van der Waals surface area contributed by atoms with Gasteiger partial charge >= 0.3 is 6.18 Å². The molecule has 1 saturated heterocycles. The number of sulfone groups is 1. The van der Waals surface area contributed by atoms with Crippen LogP contribution in [0.1, 0.15) is 12.1 Å². The molecule has 1 aromatic heterocycles. The number of benzene rings is 1. The minimum atomic E-state index is -4.70. The van der Waals surface area contributed by atoms with Crippen LogP contribution >= 0.6 is 11.6 Å². The van der Waals surface area contributed by atoms with Crippen molar-refractivity contribution in [3.63, 3.8) is 0 Å². The van der Waals surface area contributed by atoms with Crippen molar-refractivity contribution in [3.8, 4) is 5.75 Å². The Morgan fingerprint density at radius 1 is 1.26 bits per heavy atom. The van der Waals surface area contributed by atoms with Crippen LogP contribution in [0.5, 0.6) is 5.75 Å². The number of rotatable bonds is 7. The zero-order chi connectivity index (χ0) is 22.8. The molecule has 0 aliphatic carbocycles. The van der Waals surface area contributed by atoms with E-state index in [1.807, 2.05) is 0 Å². The molecular formula is C18H20ClF3N4O4S. The molecule has 170 valence electrons. The van der Waals surface area contributed by atoms with Gasteiger partial charge in [-0.05, 0) is 18.6 Å². The van der Waals surface area contributed by atoms with Crippen molar-refractivity contribution in [3.05, 3.63) is 35.0 Å². The van der Waals surface area contributed by atoms with Crippen molar-refractivity contribution in [2.24, 2.45) is 0 Å². The van der Waals surface area contributed by atoms with Gasteiger partial charge in [0.1, 0.15) is 18.2 Å². The van der Waals surface area contributed by atoms with Crippen molar-refractivity contribution in [1.29, 1.82) is 0 Å². The molecule has 2 aromatic rings. The van der Waals surface area contributed by atoms with Gasteiger partial charge in [0, 0.05) is 32.3 Å². The molecule has 0 radical (unpaired) electrons. The first-order chi connectivity index (χ1) is 14.5. The number of aromatic nitrogens is 2. The molecule has 2 N–H and O–H groups in total. The second-order valence-corrected chi connectivity index (χ2v) is 9.41. The largest absolute Gasteiger partial charge is 0.491 e. The molecule has 0 amide bonds. The number of alkyl halides is 3. The van der Waals surface area contributed by atoms with Gasteiger partial charge in [-0.15, -0.1) is 0 Å². The smallest absolute Gasteiger partial charge is 0.433 e. The number of nitrogens with two attached hydrogens (primary N) is 1. The second-order valence-electron chi connectivity index (χ2n) is 6.80. The molecule has 13 heteroatoms. The van der Waals surface area contributed by atoms with E-state index in [1.165, 1.54) is 30.2 Å². The number of anilines is 2. The Labute approximate surface area is 182 Å². The van der Waals surface area contributed by atoms with Crippen LogP contribution in [-0.2, 0) is 20.8 Å². The van der Waals surface area contributed by atoms with Gasteiger partial charge in [0.2, 0.25) is 5.95 Å². The molecule has 0 unspecified atom stereocenters. The van der Waals surface area contributed by atoms with Crippen LogP contribution in [0.15, 0.2) is 29.2 Å². The fraction of sp³-hybridized carbons (Fsp3) is 0.444. The third-order valence-electron chi connectivity index (χ3n) is 4.69. The molecule has 0 saturated carbocycles. The molecule has 1 fully saturated rings. The number of halogens is 4. The van der Waals surface area contributed by atoms with Crippen LogP contribution in [0.25, 0.3) is 0 Å². The molecule has 1 aromatic carbocycles. The lowest BCUT2D eigenvalue weighted by Gasteiger charge is -2.19. The standard InChI is InChI=1S/C18H20ClF3N4O4S/c1-29-6-7-30-11-2-3-14(13(19)8-11)31(27,28)12-4-5-26(10-12)16-9-15(18(20,21)22)24-17(23)25-16/h2-3,8-9,12H,4-7,10H2,1H3,(H2,23,24,25)/t12-/m0/s1. The minimum absolute atomic E-state index is 0.000921. The van der Waals surface area contributed by atoms with Gasteiger partial charge in [0.25, 0.3) is 0 Å². The van der Waals surface area contributed by atoms with Crippen LogP contribution in [0.2, 0.25) is 5.02 Å². The van der Waals surface area contributed by atoms with Gasteiger partial charge in [-0.1, -0.05) is 11.6 Å². The van der Waals surface area contributed by atoms with Crippen molar-refractivity contribution in [2.45, 2.75) is 22.7 Å². The summed E-state index contributed by atoms with van der Waals surface area (Å²) >= 11 is 6.18. The summed E-state index contributed by atoms with van der Waals surface area (Å²) in [5.41, 5.74) is 4.22. The van der Waals surface area contributed by atoms with E-state index < -0.39 is 32.9 Å². The second kappa shape index (κ2) is 9.05. The third kappa shape index (κ3) is 5.31. The van der Waals surface area contributed by atoms with E-state index in [9.17, 15) is 21.6 Å². The molecule has 1 aliphatic heterocycles. The predicted octanol–water partition coefficient (Wildman–Crippen LogP) is 2.81. The average Bonchev–Trinajstić information content (AvgIpc) is 3.18.